The number of rotatable bonds is 7. The SMILES string of the molecule is CCOc1ccccc1Nc1ccnc(Nc2cc(C)c(Cl)cc2OC)n1. The highest BCUT2D eigenvalue weighted by Gasteiger charge is 2.10. The summed E-state index contributed by atoms with van der Waals surface area (Å²) < 4.78 is 11.0. The van der Waals surface area contributed by atoms with Crippen LogP contribution in [0.2, 0.25) is 5.02 Å². The van der Waals surface area contributed by atoms with Gasteiger partial charge in [0.15, 0.2) is 0 Å². The molecule has 140 valence electrons. The summed E-state index contributed by atoms with van der Waals surface area (Å²) in [6.45, 7) is 4.46. The minimum absolute atomic E-state index is 0.439. The predicted octanol–water partition coefficient (Wildman–Crippen LogP) is 5.33. The molecule has 1 aromatic heterocycles. The van der Waals surface area contributed by atoms with Gasteiger partial charge in [0.1, 0.15) is 17.3 Å². The van der Waals surface area contributed by atoms with E-state index in [4.69, 9.17) is 21.1 Å². The van der Waals surface area contributed by atoms with E-state index in [0.29, 0.717) is 29.1 Å². The van der Waals surface area contributed by atoms with Gasteiger partial charge in [0, 0.05) is 17.3 Å². The number of halogens is 1. The van der Waals surface area contributed by atoms with E-state index >= 15 is 0 Å². The third-order valence-corrected chi connectivity index (χ3v) is 4.24. The molecule has 3 aromatic rings. The van der Waals surface area contributed by atoms with Gasteiger partial charge in [0.05, 0.1) is 25.1 Å². The highest BCUT2D eigenvalue weighted by Crippen LogP contribution is 2.33. The molecule has 6 nitrogen and oxygen atoms in total. The molecule has 0 aliphatic carbocycles. The lowest BCUT2D eigenvalue weighted by molar-refractivity contribution is 0.342. The van der Waals surface area contributed by atoms with Crippen LogP contribution in [-0.4, -0.2) is 23.7 Å². The van der Waals surface area contributed by atoms with E-state index in [9.17, 15) is 0 Å². The van der Waals surface area contributed by atoms with E-state index < -0.39 is 0 Å². The van der Waals surface area contributed by atoms with Gasteiger partial charge in [0.25, 0.3) is 0 Å². The Morgan fingerprint density at radius 1 is 1.04 bits per heavy atom. The molecular weight excluding hydrogens is 364 g/mol. The first-order valence-electron chi connectivity index (χ1n) is 8.53. The fourth-order valence-electron chi connectivity index (χ4n) is 2.53. The van der Waals surface area contributed by atoms with Crippen LogP contribution in [0.15, 0.2) is 48.7 Å². The van der Waals surface area contributed by atoms with Crippen molar-refractivity contribution in [2.24, 2.45) is 0 Å². The van der Waals surface area contributed by atoms with Crippen molar-refractivity contribution < 1.29 is 9.47 Å². The van der Waals surface area contributed by atoms with E-state index in [2.05, 4.69) is 20.6 Å². The lowest BCUT2D eigenvalue weighted by Gasteiger charge is -2.14. The Labute approximate surface area is 163 Å². The van der Waals surface area contributed by atoms with Crippen LogP contribution in [0.25, 0.3) is 0 Å². The molecule has 1 heterocycles. The van der Waals surface area contributed by atoms with Gasteiger partial charge in [-0.3, -0.25) is 0 Å². The molecule has 7 heteroatoms. The zero-order chi connectivity index (χ0) is 19.2. The van der Waals surface area contributed by atoms with Crippen molar-refractivity contribution in [3.63, 3.8) is 0 Å². The van der Waals surface area contributed by atoms with Gasteiger partial charge in [-0.1, -0.05) is 23.7 Å². The smallest absolute Gasteiger partial charge is 0.229 e. The van der Waals surface area contributed by atoms with E-state index in [1.54, 1.807) is 25.4 Å². The number of para-hydroxylation sites is 2. The quantitative estimate of drug-likeness (QED) is 0.573. The molecule has 0 amide bonds. The Morgan fingerprint density at radius 3 is 2.63 bits per heavy atom. The first-order valence-corrected chi connectivity index (χ1v) is 8.91. The molecule has 0 saturated heterocycles. The van der Waals surface area contributed by atoms with Crippen molar-refractivity contribution in [3.8, 4) is 11.5 Å². The molecule has 3 rings (SSSR count). The van der Waals surface area contributed by atoms with Crippen molar-refractivity contribution in [1.82, 2.24) is 9.97 Å². The van der Waals surface area contributed by atoms with Crippen LogP contribution in [0.3, 0.4) is 0 Å². The van der Waals surface area contributed by atoms with Crippen molar-refractivity contribution in [2.45, 2.75) is 13.8 Å². The number of hydrogen-bond acceptors (Lipinski definition) is 6. The number of nitrogens with zero attached hydrogens (tertiary/aromatic N) is 2. The van der Waals surface area contributed by atoms with Gasteiger partial charge in [-0.2, -0.15) is 4.98 Å². The highest BCUT2D eigenvalue weighted by molar-refractivity contribution is 6.31. The number of hydrogen-bond donors (Lipinski definition) is 2. The minimum atomic E-state index is 0.439. The average Bonchev–Trinajstić information content (AvgIpc) is 2.66. The second-order valence-corrected chi connectivity index (χ2v) is 6.15. The van der Waals surface area contributed by atoms with Crippen LogP contribution < -0.4 is 20.1 Å². The Bertz CT molecular complexity index is 934. The summed E-state index contributed by atoms with van der Waals surface area (Å²) >= 11 is 6.16. The largest absolute Gasteiger partial charge is 0.495 e. The second kappa shape index (κ2) is 8.60. The lowest BCUT2D eigenvalue weighted by atomic mass is 10.2. The zero-order valence-corrected chi connectivity index (χ0v) is 16.2. The Hall–Kier alpha value is -2.99. The molecule has 2 aromatic carbocycles. The Balaban J connectivity index is 1.84. The molecule has 0 atom stereocenters. The molecule has 0 bridgehead atoms. The maximum atomic E-state index is 6.16. The van der Waals surface area contributed by atoms with E-state index in [0.717, 1.165) is 22.7 Å². The summed E-state index contributed by atoms with van der Waals surface area (Å²) in [5.41, 5.74) is 2.51. The van der Waals surface area contributed by atoms with Gasteiger partial charge in [0.2, 0.25) is 5.95 Å². The molecule has 0 aliphatic heterocycles. The number of aromatic nitrogens is 2. The molecule has 27 heavy (non-hydrogen) atoms. The van der Waals surface area contributed by atoms with Crippen LogP contribution in [-0.2, 0) is 0 Å². The lowest BCUT2D eigenvalue weighted by Crippen LogP contribution is -2.03. The number of anilines is 4. The van der Waals surface area contributed by atoms with Gasteiger partial charge in [-0.15, -0.1) is 0 Å². The van der Waals surface area contributed by atoms with Crippen molar-refractivity contribution >= 4 is 34.7 Å². The van der Waals surface area contributed by atoms with Crippen molar-refractivity contribution in [1.29, 1.82) is 0 Å². The van der Waals surface area contributed by atoms with Crippen LogP contribution >= 0.6 is 11.6 Å². The topological polar surface area (TPSA) is 68.3 Å². The molecule has 0 saturated carbocycles. The third-order valence-electron chi connectivity index (χ3n) is 3.83. The fraction of sp³-hybridized carbons (Fsp3) is 0.200. The summed E-state index contributed by atoms with van der Waals surface area (Å²) in [7, 11) is 1.59. The standard InChI is InChI=1S/C20H21ClN4O2/c1-4-27-17-8-6-5-7-15(17)23-19-9-10-22-20(25-19)24-16-11-13(2)14(21)12-18(16)26-3/h5-12H,4H2,1-3H3,(H2,22,23,24,25). The van der Waals surface area contributed by atoms with Gasteiger partial charge < -0.3 is 20.1 Å². The summed E-state index contributed by atoms with van der Waals surface area (Å²) in [5.74, 6) is 2.47. The Kier molecular flexibility index (Phi) is 5.98. The number of nitrogens with one attached hydrogen (secondary N) is 2. The molecule has 0 spiro atoms. The van der Waals surface area contributed by atoms with Crippen LogP contribution in [0.5, 0.6) is 11.5 Å². The maximum Gasteiger partial charge on any atom is 0.229 e. The van der Waals surface area contributed by atoms with Crippen LogP contribution in [0.4, 0.5) is 23.1 Å². The molecule has 0 aliphatic rings. The van der Waals surface area contributed by atoms with E-state index in [-0.39, 0.29) is 0 Å². The monoisotopic (exact) mass is 384 g/mol. The fourth-order valence-corrected chi connectivity index (χ4v) is 2.68. The first kappa shape index (κ1) is 18.8. The zero-order valence-electron chi connectivity index (χ0n) is 15.4. The Morgan fingerprint density at radius 2 is 1.85 bits per heavy atom. The van der Waals surface area contributed by atoms with E-state index in [1.165, 1.54) is 0 Å². The van der Waals surface area contributed by atoms with Crippen LogP contribution in [0.1, 0.15) is 12.5 Å². The summed E-state index contributed by atoms with van der Waals surface area (Å²) in [6, 6.07) is 13.2. The number of aryl methyl sites for hydroxylation is 1. The highest BCUT2D eigenvalue weighted by atomic mass is 35.5. The summed E-state index contributed by atoms with van der Waals surface area (Å²) in [5, 5.41) is 7.08. The number of ether oxygens (including phenoxy) is 2. The van der Waals surface area contributed by atoms with Crippen molar-refractivity contribution in [3.05, 3.63) is 59.2 Å². The van der Waals surface area contributed by atoms with Crippen molar-refractivity contribution in [2.75, 3.05) is 24.4 Å². The molecule has 0 unspecified atom stereocenters. The summed E-state index contributed by atoms with van der Waals surface area (Å²) in [4.78, 5) is 8.80. The minimum Gasteiger partial charge on any atom is -0.495 e. The van der Waals surface area contributed by atoms with Gasteiger partial charge >= 0.3 is 0 Å². The number of benzene rings is 2. The average molecular weight is 385 g/mol. The van der Waals surface area contributed by atoms with Gasteiger partial charge in [-0.05, 0) is 43.7 Å². The molecule has 0 radical (unpaired) electrons. The normalized spacial score (nSPS) is 10.4. The van der Waals surface area contributed by atoms with Crippen LogP contribution in [0, 0.1) is 6.92 Å². The predicted molar refractivity (Wildman–Crippen MR) is 109 cm³/mol. The van der Waals surface area contributed by atoms with Gasteiger partial charge in [-0.25, -0.2) is 4.98 Å². The molecular formula is C20H21ClN4O2. The number of methoxy groups -OCH3 is 1. The molecule has 2 N–H and O–H groups in total. The summed E-state index contributed by atoms with van der Waals surface area (Å²) in [6.07, 6.45) is 1.68. The first-order chi connectivity index (χ1) is 13.1. The molecule has 0 fully saturated rings. The second-order valence-electron chi connectivity index (χ2n) is 5.75. The third kappa shape index (κ3) is 4.60. The maximum absolute atomic E-state index is 6.16. The van der Waals surface area contributed by atoms with E-state index in [1.807, 2.05) is 44.2 Å².